The van der Waals surface area contributed by atoms with Crippen LogP contribution in [0.4, 0.5) is 0 Å². The van der Waals surface area contributed by atoms with Crippen LogP contribution in [0.1, 0.15) is 58.0 Å². The molecule has 0 saturated carbocycles. The molecule has 0 amide bonds. The zero-order chi connectivity index (χ0) is 19.1. The first-order valence-electron chi connectivity index (χ1n) is 8.61. The van der Waals surface area contributed by atoms with Crippen molar-refractivity contribution in [1.82, 2.24) is 15.6 Å². The summed E-state index contributed by atoms with van der Waals surface area (Å²) in [5.41, 5.74) is 0.700. The molecule has 2 rings (SSSR count). The van der Waals surface area contributed by atoms with E-state index in [4.69, 9.17) is 4.74 Å². The van der Waals surface area contributed by atoms with Gasteiger partial charge in [0.15, 0.2) is 5.96 Å². The number of thiophene rings is 1. The molecule has 0 aromatic carbocycles. The van der Waals surface area contributed by atoms with Crippen LogP contribution >= 0.6 is 22.7 Å². The summed E-state index contributed by atoms with van der Waals surface area (Å²) >= 11 is 3.12. The maximum Gasteiger partial charge on any atom is 0.350 e. The van der Waals surface area contributed by atoms with E-state index >= 15 is 0 Å². The van der Waals surface area contributed by atoms with Crippen molar-refractivity contribution in [3.63, 3.8) is 0 Å². The van der Waals surface area contributed by atoms with Gasteiger partial charge < -0.3 is 15.4 Å². The van der Waals surface area contributed by atoms with E-state index in [2.05, 4.69) is 45.0 Å². The summed E-state index contributed by atoms with van der Waals surface area (Å²) in [5.74, 6) is 0.807. The number of thiazole rings is 1. The standard InChI is InChI=1S/C18H26N4O2S2/c1-6-24-17(23)15-12(3)21-16(26-15)13(4)22-18(19-5)20-10-11(2)14-8-7-9-25-14/h7-9,11,13H,6,10H2,1-5H3,(H2,19,20,22). The van der Waals surface area contributed by atoms with Gasteiger partial charge in [-0.2, -0.15) is 0 Å². The number of carbonyl (C=O) groups is 1. The Hall–Kier alpha value is -1.93. The fourth-order valence-corrected chi connectivity index (χ4v) is 4.12. The van der Waals surface area contributed by atoms with E-state index in [0.29, 0.717) is 29.1 Å². The number of rotatable bonds is 7. The highest BCUT2D eigenvalue weighted by atomic mass is 32.1. The third kappa shape index (κ3) is 5.28. The van der Waals surface area contributed by atoms with Crippen molar-refractivity contribution in [1.29, 1.82) is 0 Å². The van der Waals surface area contributed by atoms with Gasteiger partial charge in [-0.3, -0.25) is 4.99 Å². The van der Waals surface area contributed by atoms with E-state index in [1.165, 1.54) is 16.2 Å². The number of hydrogen-bond acceptors (Lipinski definition) is 6. The summed E-state index contributed by atoms with van der Waals surface area (Å²) in [6.07, 6.45) is 0. The van der Waals surface area contributed by atoms with Crippen molar-refractivity contribution < 1.29 is 9.53 Å². The molecule has 2 aromatic rings. The molecule has 0 bridgehead atoms. The van der Waals surface area contributed by atoms with Gasteiger partial charge in [0.1, 0.15) is 9.88 Å². The van der Waals surface area contributed by atoms with Crippen LogP contribution in [0.2, 0.25) is 0 Å². The third-order valence-electron chi connectivity index (χ3n) is 3.83. The summed E-state index contributed by atoms with van der Waals surface area (Å²) in [7, 11) is 1.75. The average Bonchev–Trinajstić information content (AvgIpc) is 3.28. The topological polar surface area (TPSA) is 75.6 Å². The van der Waals surface area contributed by atoms with Gasteiger partial charge >= 0.3 is 5.97 Å². The molecule has 0 aliphatic carbocycles. The highest BCUT2D eigenvalue weighted by molar-refractivity contribution is 7.13. The zero-order valence-corrected chi connectivity index (χ0v) is 17.5. The highest BCUT2D eigenvalue weighted by Gasteiger charge is 2.20. The van der Waals surface area contributed by atoms with Gasteiger partial charge in [0.2, 0.25) is 0 Å². The minimum atomic E-state index is -0.312. The number of nitrogens with one attached hydrogen (secondary N) is 2. The zero-order valence-electron chi connectivity index (χ0n) is 15.8. The molecule has 2 heterocycles. The first kappa shape index (κ1) is 20.4. The molecule has 142 valence electrons. The van der Waals surface area contributed by atoms with E-state index in [-0.39, 0.29) is 12.0 Å². The van der Waals surface area contributed by atoms with E-state index in [1.807, 2.05) is 13.8 Å². The smallest absolute Gasteiger partial charge is 0.350 e. The maximum absolute atomic E-state index is 12.0. The second-order valence-corrected chi connectivity index (χ2v) is 7.93. The molecule has 8 heteroatoms. The van der Waals surface area contributed by atoms with Gasteiger partial charge in [-0.25, -0.2) is 9.78 Å². The first-order valence-corrected chi connectivity index (χ1v) is 10.3. The largest absolute Gasteiger partial charge is 0.462 e. The third-order valence-corrected chi connectivity index (χ3v) is 6.25. The number of aryl methyl sites for hydroxylation is 1. The lowest BCUT2D eigenvalue weighted by atomic mass is 10.1. The fraction of sp³-hybridized carbons (Fsp3) is 0.500. The molecule has 0 aliphatic rings. The predicted molar refractivity (Wildman–Crippen MR) is 108 cm³/mol. The molecule has 2 N–H and O–H groups in total. The Morgan fingerprint density at radius 1 is 1.42 bits per heavy atom. The van der Waals surface area contributed by atoms with Crippen LogP contribution in [0.25, 0.3) is 0 Å². The second kappa shape index (κ2) is 9.68. The molecule has 26 heavy (non-hydrogen) atoms. The number of esters is 1. The molecule has 0 fully saturated rings. The number of hydrogen-bond donors (Lipinski definition) is 2. The van der Waals surface area contributed by atoms with Gasteiger partial charge in [-0.1, -0.05) is 13.0 Å². The molecular formula is C18H26N4O2S2. The van der Waals surface area contributed by atoms with Gasteiger partial charge in [0.25, 0.3) is 0 Å². The number of aromatic nitrogens is 1. The quantitative estimate of drug-likeness (QED) is 0.425. The van der Waals surface area contributed by atoms with Gasteiger partial charge in [0, 0.05) is 24.4 Å². The van der Waals surface area contributed by atoms with Crippen LogP contribution in [0.3, 0.4) is 0 Å². The summed E-state index contributed by atoms with van der Waals surface area (Å²) in [6.45, 7) is 8.96. The van der Waals surface area contributed by atoms with E-state index < -0.39 is 0 Å². The molecular weight excluding hydrogens is 368 g/mol. The minimum Gasteiger partial charge on any atom is -0.462 e. The number of guanidine groups is 1. The summed E-state index contributed by atoms with van der Waals surface area (Å²) in [6, 6.07) is 4.15. The Morgan fingerprint density at radius 2 is 2.19 bits per heavy atom. The van der Waals surface area contributed by atoms with Crippen LogP contribution in [-0.4, -0.2) is 37.1 Å². The van der Waals surface area contributed by atoms with Gasteiger partial charge in [0.05, 0.1) is 18.3 Å². The fourth-order valence-electron chi connectivity index (χ4n) is 2.37. The molecule has 0 radical (unpaired) electrons. The van der Waals surface area contributed by atoms with Crippen molar-refractivity contribution in [2.75, 3.05) is 20.2 Å². The Bertz CT molecular complexity index is 740. The normalized spacial score (nSPS) is 14.0. The van der Waals surface area contributed by atoms with Crippen LogP contribution < -0.4 is 10.6 Å². The molecule has 6 nitrogen and oxygen atoms in total. The van der Waals surface area contributed by atoms with Crippen molar-refractivity contribution in [2.45, 2.75) is 39.7 Å². The van der Waals surface area contributed by atoms with Gasteiger partial charge in [-0.05, 0) is 32.2 Å². The van der Waals surface area contributed by atoms with Crippen LogP contribution in [0.5, 0.6) is 0 Å². The molecule has 0 saturated heterocycles. The lowest BCUT2D eigenvalue weighted by Crippen LogP contribution is -2.40. The summed E-state index contributed by atoms with van der Waals surface area (Å²) in [4.78, 5) is 22.7. The number of ether oxygens (including phenoxy) is 1. The van der Waals surface area contributed by atoms with Gasteiger partial charge in [-0.15, -0.1) is 22.7 Å². The summed E-state index contributed by atoms with van der Waals surface area (Å²) in [5, 5.41) is 9.61. The van der Waals surface area contributed by atoms with E-state index in [9.17, 15) is 4.79 Å². The predicted octanol–water partition coefficient (Wildman–Crippen LogP) is 3.72. The number of aliphatic imine (C=N–C) groups is 1. The van der Waals surface area contributed by atoms with E-state index in [0.717, 1.165) is 11.6 Å². The Morgan fingerprint density at radius 3 is 2.81 bits per heavy atom. The SMILES string of the molecule is CCOC(=O)c1sc(C(C)NC(=NC)NCC(C)c2cccs2)nc1C. The first-order chi connectivity index (χ1) is 12.5. The van der Waals surface area contributed by atoms with Crippen molar-refractivity contribution >= 4 is 34.6 Å². The van der Waals surface area contributed by atoms with Crippen molar-refractivity contribution in [3.8, 4) is 0 Å². The summed E-state index contributed by atoms with van der Waals surface area (Å²) < 4.78 is 5.08. The lowest BCUT2D eigenvalue weighted by molar-refractivity contribution is 0.0531. The van der Waals surface area contributed by atoms with Crippen LogP contribution in [0, 0.1) is 6.92 Å². The molecule has 0 aliphatic heterocycles. The van der Waals surface area contributed by atoms with Crippen molar-refractivity contribution in [3.05, 3.63) is 38.0 Å². The lowest BCUT2D eigenvalue weighted by Gasteiger charge is -2.18. The number of carbonyl (C=O) groups excluding carboxylic acids is 1. The Balaban J connectivity index is 1.95. The average molecular weight is 395 g/mol. The molecule has 0 spiro atoms. The maximum atomic E-state index is 12.0. The van der Waals surface area contributed by atoms with E-state index in [1.54, 1.807) is 25.3 Å². The highest BCUT2D eigenvalue weighted by Crippen LogP contribution is 2.24. The molecule has 2 unspecified atom stereocenters. The monoisotopic (exact) mass is 394 g/mol. The van der Waals surface area contributed by atoms with Crippen LogP contribution in [0.15, 0.2) is 22.5 Å². The Labute approximate surface area is 162 Å². The van der Waals surface area contributed by atoms with Crippen molar-refractivity contribution in [2.24, 2.45) is 4.99 Å². The molecule has 2 aromatic heterocycles. The molecule has 2 atom stereocenters. The second-order valence-electron chi connectivity index (χ2n) is 5.92. The minimum absolute atomic E-state index is 0.0647. The Kier molecular flexibility index (Phi) is 7.59. The number of nitrogens with zero attached hydrogens (tertiary/aromatic N) is 2. The van der Waals surface area contributed by atoms with Crippen LogP contribution in [-0.2, 0) is 4.74 Å².